The second kappa shape index (κ2) is 8.27. The van der Waals surface area contributed by atoms with Gasteiger partial charge >= 0.3 is 0 Å². The zero-order valence-corrected chi connectivity index (χ0v) is 14.4. The minimum absolute atomic E-state index is 0.444. The smallest absolute Gasteiger partial charge is 0.124 e. The molecule has 0 aliphatic rings. The van der Waals surface area contributed by atoms with Crippen LogP contribution in [0, 0.1) is 0 Å². The van der Waals surface area contributed by atoms with Crippen molar-refractivity contribution in [1.29, 1.82) is 0 Å². The van der Waals surface area contributed by atoms with Gasteiger partial charge in [0.15, 0.2) is 0 Å². The van der Waals surface area contributed by atoms with E-state index in [0.29, 0.717) is 10.9 Å². The molecule has 0 saturated carbocycles. The van der Waals surface area contributed by atoms with Gasteiger partial charge in [0.25, 0.3) is 0 Å². The van der Waals surface area contributed by atoms with Gasteiger partial charge in [-0.15, -0.1) is 0 Å². The molecule has 1 heterocycles. The van der Waals surface area contributed by atoms with Crippen LogP contribution in [0.1, 0.15) is 16.8 Å². The summed E-state index contributed by atoms with van der Waals surface area (Å²) in [5.41, 5.74) is 10.1. The van der Waals surface area contributed by atoms with E-state index < -0.39 is 0 Å². The van der Waals surface area contributed by atoms with Crippen LogP contribution in [0.15, 0.2) is 84.0 Å². The first-order valence-corrected chi connectivity index (χ1v) is 8.33. The fraction of sp³-hybridized carbons (Fsp3) is 0.0476. The number of nitrogens with zero attached hydrogens (tertiary/aromatic N) is 2. The quantitative estimate of drug-likeness (QED) is 0.520. The van der Waals surface area contributed by atoms with Gasteiger partial charge in [-0.2, -0.15) is 0 Å². The van der Waals surface area contributed by atoms with Gasteiger partial charge in [-0.3, -0.25) is 4.98 Å². The molecule has 0 saturated heterocycles. The Bertz CT molecular complexity index is 867. The van der Waals surface area contributed by atoms with Crippen LogP contribution in [-0.4, -0.2) is 10.8 Å². The third-order valence-electron chi connectivity index (χ3n) is 3.62. The van der Waals surface area contributed by atoms with Crippen molar-refractivity contribution in [3.63, 3.8) is 0 Å². The Kier molecular flexibility index (Phi) is 5.60. The topological polar surface area (TPSA) is 51.3 Å². The number of amidine groups is 1. The van der Waals surface area contributed by atoms with Crippen LogP contribution in [-0.2, 0) is 6.42 Å². The van der Waals surface area contributed by atoms with E-state index >= 15 is 0 Å². The summed E-state index contributed by atoms with van der Waals surface area (Å²) in [6, 6.07) is 21.5. The molecule has 3 aromatic rings. The second-order valence-electron chi connectivity index (χ2n) is 5.59. The summed E-state index contributed by atoms with van der Waals surface area (Å²) in [7, 11) is 0. The molecule has 0 aliphatic heterocycles. The van der Waals surface area contributed by atoms with Crippen LogP contribution in [0.2, 0.25) is 5.02 Å². The predicted molar refractivity (Wildman–Crippen MR) is 105 cm³/mol. The molecule has 3 nitrogen and oxygen atoms in total. The molecule has 0 radical (unpaired) electrons. The van der Waals surface area contributed by atoms with Gasteiger partial charge in [0, 0.05) is 23.3 Å². The maximum absolute atomic E-state index is 5.95. The lowest BCUT2D eigenvalue weighted by Crippen LogP contribution is -2.06. The van der Waals surface area contributed by atoms with Crippen LogP contribution < -0.4 is 5.73 Å². The maximum Gasteiger partial charge on any atom is 0.124 e. The highest BCUT2D eigenvalue weighted by Gasteiger charge is 1.97. The van der Waals surface area contributed by atoms with Gasteiger partial charge in [0.05, 0.1) is 5.69 Å². The fourth-order valence-electron chi connectivity index (χ4n) is 2.34. The summed E-state index contributed by atoms with van der Waals surface area (Å²) in [6.45, 7) is 0. The molecule has 25 heavy (non-hydrogen) atoms. The van der Waals surface area contributed by atoms with E-state index in [2.05, 4.69) is 34.2 Å². The number of hydrogen-bond donors (Lipinski definition) is 1. The predicted octanol–water partition coefficient (Wildman–Crippen LogP) is 5.03. The van der Waals surface area contributed by atoms with Crippen LogP contribution in [0.3, 0.4) is 0 Å². The number of hydrogen-bond acceptors (Lipinski definition) is 2. The molecule has 124 valence electrons. The minimum Gasteiger partial charge on any atom is -0.384 e. The Morgan fingerprint density at radius 2 is 1.76 bits per heavy atom. The minimum atomic E-state index is 0.444. The van der Waals surface area contributed by atoms with E-state index in [-0.39, 0.29) is 0 Å². The summed E-state index contributed by atoms with van der Waals surface area (Å²) in [4.78, 5) is 8.68. The Morgan fingerprint density at radius 3 is 2.44 bits per heavy atom. The molecule has 3 rings (SSSR count). The van der Waals surface area contributed by atoms with Crippen LogP contribution in [0.25, 0.3) is 6.08 Å². The number of halogens is 1. The van der Waals surface area contributed by atoms with Gasteiger partial charge in [0.1, 0.15) is 5.84 Å². The Labute approximate surface area is 152 Å². The Balaban J connectivity index is 1.64. The largest absolute Gasteiger partial charge is 0.384 e. The molecule has 4 heteroatoms. The molecular formula is C21H18ClN3. The molecule has 1 aromatic heterocycles. The zero-order chi connectivity index (χ0) is 17.5. The van der Waals surface area contributed by atoms with E-state index in [0.717, 1.165) is 23.4 Å². The van der Waals surface area contributed by atoms with Gasteiger partial charge in [-0.1, -0.05) is 48.0 Å². The highest BCUT2D eigenvalue weighted by molar-refractivity contribution is 6.30. The first-order valence-electron chi connectivity index (χ1n) is 7.96. The van der Waals surface area contributed by atoms with E-state index in [9.17, 15) is 0 Å². The molecular weight excluding hydrogens is 330 g/mol. The van der Waals surface area contributed by atoms with Gasteiger partial charge in [-0.25, -0.2) is 4.99 Å². The molecule has 0 unspecified atom stereocenters. The molecule has 0 spiro atoms. The van der Waals surface area contributed by atoms with Gasteiger partial charge < -0.3 is 5.73 Å². The van der Waals surface area contributed by atoms with Crippen molar-refractivity contribution in [3.8, 4) is 0 Å². The van der Waals surface area contributed by atoms with E-state index in [1.165, 1.54) is 5.56 Å². The number of rotatable bonds is 5. The second-order valence-corrected chi connectivity index (χ2v) is 6.02. The van der Waals surface area contributed by atoms with Crippen molar-refractivity contribution in [3.05, 3.63) is 101 Å². The lowest BCUT2D eigenvalue weighted by molar-refractivity contribution is 1.07. The lowest BCUT2D eigenvalue weighted by Gasteiger charge is -2.02. The van der Waals surface area contributed by atoms with E-state index in [4.69, 9.17) is 17.3 Å². The third kappa shape index (κ3) is 5.30. The average molecular weight is 348 g/mol. The first-order chi connectivity index (χ1) is 12.2. The molecule has 0 aliphatic carbocycles. The van der Waals surface area contributed by atoms with Crippen LogP contribution >= 0.6 is 11.6 Å². The molecule has 0 amide bonds. The number of benzene rings is 2. The molecule has 0 fully saturated rings. The highest BCUT2D eigenvalue weighted by Crippen LogP contribution is 2.16. The van der Waals surface area contributed by atoms with E-state index in [1.54, 1.807) is 18.2 Å². The number of aliphatic imine (C=N–C) groups is 1. The molecule has 0 atom stereocenters. The highest BCUT2D eigenvalue weighted by atomic mass is 35.5. The van der Waals surface area contributed by atoms with Gasteiger partial charge in [-0.05, 0) is 53.6 Å². The maximum atomic E-state index is 5.95. The summed E-state index contributed by atoms with van der Waals surface area (Å²) in [5.74, 6) is 0.444. The number of pyridine rings is 1. The van der Waals surface area contributed by atoms with Crippen molar-refractivity contribution < 1.29 is 0 Å². The van der Waals surface area contributed by atoms with Crippen LogP contribution in [0.4, 0.5) is 5.69 Å². The molecule has 0 bridgehead atoms. The normalized spacial score (nSPS) is 11.8. The van der Waals surface area contributed by atoms with E-state index in [1.807, 2.05) is 42.6 Å². The monoisotopic (exact) mass is 347 g/mol. The first kappa shape index (κ1) is 16.9. The summed E-state index contributed by atoms with van der Waals surface area (Å²) in [5, 5.41) is 0.679. The standard InChI is InChI=1S/C21H18ClN3/c22-18-9-11-19(12-10-18)25-21(23)13-8-16-4-6-17(7-5-16)15-20-3-1-2-14-24-20/h1-14H,15H2,(H2,23,25)/b13-8+. The van der Waals surface area contributed by atoms with Crippen molar-refractivity contribution in [1.82, 2.24) is 4.98 Å². The Morgan fingerprint density at radius 1 is 1.00 bits per heavy atom. The lowest BCUT2D eigenvalue weighted by atomic mass is 10.1. The molecule has 2 aromatic carbocycles. The third-order valence-corrected chi connectivity index (χ3v) is 3.87. The van der Waals surface area contributed by atoms with Gasteiger partial charge in [0.2, 0.25) is 0 Å². The fourth-order valence-corrected chi connectivity index (χ4v) is 2.47. The van der Waals surface area contributed by atoms with Crippen LogP contribution in [0.5, 0.6) is 0 Å². The van der Waals surface area contributed by atoms with Crippen molar-refractivity contribution in [2.45, 2.75) is 6.42 Å². The number of nitrogens with two attached hydrogens (primary N) is 1. The summed E-state index contributed by atoms with van der Waals surface area (Å²) >= 11 is 5.86. The van der Waals surface area contributed by atoms with Crippen molar-refractivity contribution >= 4 is 29.2 Å². The van der Waals surface area contributed by atoms with Crippen molar-refractivity contribution in [2.75, 3.05) is 0 Å². The average Bonchev–Trinajstić information content (AvgIpc) is 2.64. The number of aromatic nitrogens is 1. The van der Waals surface area contributed by atoms with Crippen molar-refractivity contribution in [2.24, 2.45) is 10.7 Å². The molecule has 2 N–H and O–H groups in total. The zero-order valence-electron chi connectivity index (χ0n) is 13.6. The SMILES string of the molecule is NC(/C=C/c1ccc(Cc2ccccn2)cc1)=Nc1ccc(Cl)cc1. The summed E-state index contributed by atoms with van der Waals surface area (Å²) in [6.07, 6.45) is 6.38. The summed E-state index contributed by atoms with van der Waals surface area (Å²) < 4.78 is 0. The Hall–Kier alpha value is -2.91.